The molecule has 0 aliphatic heterocycles. The van der Waals surface area contributed by atoms with Crippen LogP contribution in [0.25, 0.3) is 121 Å². The van der Waals surface area contributed by atoms with Gasteiger partial charge in [0.15, 0.2) is 0 Å². The normalized spacial score (nSPS) is 12.9. The van der Waals surface area contributed by atoms with Crippen LogP contribution in [0.15, 0.2) is 231 Å². The van der Waals surface area contributed by atoms with Crippen LogP contribution in [0, 0.1) is 0 Å². The lowest BCUT2D eigenvalue weighted by Crippen LogP contribution is -2.14. The Labute approximate surface area is 379 Å². The third kappa shape index (κ3) is 5.77. The first-order chi connectivity index (χ1) is 32.0. The van der Waals surface area contributed by atoms with Gasteiger partial charge in [-0.1, -0.05) is 226 Å². The van der Waals surface area contributed by atoms with E-state index < -0.39 is 0 Å². The van der Waals surface area contributed by atoms with Crippen molar-refractivity contribution >= 4 is 53.9 Å². The summed E-state index contributed by atoms with van der Waals surface area (Å²) < 4.78 is 0. The predicted octanol–water partition coefficient (Wildman–Crippen LogP) is 18.1. The maximum absolute atomic E-state index is 2.47. The molecule has 0 fully saturated rings. The van der Waals surface area contributed by atoms with Crippen molar-refractivity contribution in [3.8, 4) is 66.8 Å². The van der Waals surface area contributed by atoms with E-state index in [1.807, 2.05) is 0 Å². The van der Waals surface area contributed by atoms with E-state index in [4.69, 9.17) is 0 Å². The van der Waals surface area contributed by atoms with Crippen molar-refractivity contribution in [1.29, 1.82) is 0 Å². The summed E-state index contributed by atoms with van der Waals surface area (Å²) in [7, 11) is 0. The Balaban J connectivity index is 1.04. The maximum atomic E-state index is 2.47. The Morgan fingerprint density at radius 2 is 0.631 bits per heavy atom. The highest BCUT2D eigenvalue weighted by atomic mass is 14.4. The van der Waals surface area contributed by atoms with Gasteiger partial charge >= 0.3 is 0 Å². The van der Waals surface area contributed by atoms with Crippen LogP contribution in [0.2, 0.25) is 0 Å². The van der Waals surface area contributed by atoms with E-state index in [9.17, 15) is 0 Å². The fourth-order valence-corrected chi connectivity index (χ4v) is 11.4. The number of hydrogen-bond donors (Lipinski definition) is 0. The van der Waals surface area contributed by atoms with Crippen molar-refractivity contribution in [2.24, 2.45) is 0 Å². The van der Waals surface area contributed by atoms with E-state index in [1.54, 1.807) is 0 Å². The van der Waals surface area contributed by atoms with Crippen molar-refractivity contribution in [3.63, 3.8) is 0 Å². The van der Waals surface area contributed by atoms with Crippen molar-refractivity contribution in [3.05, 3.63) is 242 Å². The molecular weight excluding hydrogens is 781 g/mol. The molecule has 65 heavy (non-hydrogen) atoms. The molecule has 0 bridgehead atoms. The van der Waals surface area contributed by atoms with Gasteiger partial charge in [-0.3, -0.25) is 0 Å². The summed E-state index contributed by atoms with van der Waals surface area (Å²) in [6.45, 7) is 4.73. The lowest BCUT2D eigenvalue weighted by atomic mass is 9.81. The lowest BCUT2D eigenvalue weighted by molar-refractivity contribution is 0.660. The van der Waals surface area contributed by atoms with Crippen molar-refractivity contribution in [1.82, 2.24) is 0 Å². The lowest BCUT2D eigenvalue weighted by Gasteiger charge is -2.22. The van der Waals surface area contributed by atoms with Crippen molar-refractivity contribution in [2.45, 2.75) is 19.3 Å². The molecule has 0 heteroatoms. The first-order valence-corrected chi connectivity index (χ1v) is 22.8. The third-order valence-corrected chi connectivity index (χ3v) is 14.4. The molecule has 1 aliphatic rings. The molecule has 0 nitrogen and oxygen atoms in total. The molecule has 0 radical (unpaired) electrons. The molecule has 12 aromatic carbocycles. The summed E-state index contributed by atoms with van der Waals surface area (Å²) in [6.07, 6.45) is 0. The molecule has 12 aromatic rings. The number of rotatable bonds is 5. The van der Waals surface area contributed by atoms with Gasteiger partial charge in [-0.25, -0.2) is 0 Å². The summed E-state index contributed by atoms with van der Waals surface area (Å²) in [4.78, 5) is 0. The van der Waals surface area contributed by atoms with Gasteiger partial charge in [0.25, 0.3) is 0 Å². The Morgan fingerprint density at radius 3 is 1.23 bits per heavy atom. The molecule has 0 amide bonds. The Morgan fingerprint density at radius 1 is 0.231 bits per heavy atom. The second kappa shape index (κ2) is 14.5. The van der Waals surface area contributed by atoms with E-state index in [2.05, 4.69) is 244 Å². The summed E-state index contributed by atoms with van der Waals surface area (Å²) in [5, 5.41) is 12.6. The van der Waals surface area contributed by atoms with Crippen LogP contribution >= 0.6 is 0 Å². The molecule has 304 valence electrons. The number of fused-ring (bicyclic) bond motifs is 8. The van der Waals surface area contributed by atoms with Crippen molar-refractivity contribution < 1.29 is 0 Å². The minimum Gasteiger partial charge on any atom is -0.0622 e. The zero-order valence-electron chi connectivity index (χ0n) is 36.4. The molecule has 0 unspecified atom stereocenters. The summed E-state index contributed by atoms with van der Waals surface area (Å²) in [5.41, 5.74) is 17.8. The van der Waals surface area contributed by atoms with Crippen LogP contribution in [0.4, 0.5) is 0 Å². The molecule has 0 saturated heterocycles. The summed E-state index contributed by atoms with van der Waals surface area (Å²) in [6, 6.07) is 86.1. The van der Waals surface area contributed by atoms with Gasteiger partial charge in [-0.05, 0) is 150 Å². The quantitative estimate of drug-likeness (QED) is 0.152. The molecule has 0 aromatic heterocycles. The van der Waals surface area contributed by atoms with Crippen LogP contribution in [0.1, 0.15) is 25.0 Å². The number of benzene rings is 12. The van der Waals surface area contributed by atoms with Gasteiger partial charge in [-0.2, -0.15) is 0 Å². The minimum absolute atomic E-state index is 0.0592. The highest BCUT2D eigenvalue weighted by Gasteiger charge is 2.35. The Kier molecular flexibility index (Phi) is 8.36. The molecule has 0 N–H and O–H groups in total. The van der Waals surface area contributed by atoms with E-state index in [0.29, 0.717) is 0 Å². The minimum atomic E-state index is -0.0592. The molecule has 0 saturated carbocycles. The monoisotopic (exact) mass is 824 g/mol. The molecule has 13 rings (SSSR count). The van der Waals surface area contributed by atoms with Gasteiger partial charge in [0.1, 0.15) is 0 Å². The highest BCUT2D eigenvalue weighted by Crippen LogP contribution is 2.52. The van der Waals surface area contributed by atoms with E-state index in [1.165, 1.54) is 132 Å². The maximum Gasteiger partial charge on any atom is 0.0158 e. The van der Waals surface area contributed by atoms with Gasteiger partial charge in [-0.15, -0.1) is 0 Å². The average molecular weight is 825 g/mol. The largest absolute Gasteiger partial charge is 0.0622 e. The van der Waals surface area contributed by atoms with Crippen LogP contribution in [0.3, 0.4) is 0 Å². The second-order valence-electron chi connectivity index (χ2n) is 18.3. The van der Waals surface area contributed by atoms with Gasteiger partial charge in [0.2, 0.25) is 0 Å². The summed E-state index contributed by atoms with van der Waals surface area (Å²) >= 11 is 0. The SMILES string of the molecule is CC1(C)c2ccccc2-c2cc(-c3c4ccccc4c(-c4ccc(-c5c6ccccc6c(-c6ccccc6)c6ccccc56)cc4)c4ccc(-c5ccc6ccccc6c5)cc34)ccc21. The molecule has 0 atom stereocenters. The fraction of sp³-hybridized carbons (Fsp3) is 0.0462. The van der Waals surface area contributed by atoms with Crippen LogP contribution in [-0.4, -0.2) is 0 Å². The zero-order chi connectivity index (χ0) is 43.2. The smallest absolute Gasteiger partial charge is 0.0158 e. The highest BCUT2D eigenvalue weighted by molar-refractivity contribution is 6.23. The van der Waals surface area contributed by atoms with Crippen molar-refractivity contribution in [2.75, 3.05) is 0 Å². The van der Waals surface area contributed by atoms with Crippen LogP contribution in [0.5, 0.6) is 0 Å². The summed E-state index contributed by atoms with van der Waals surface area (Å²) in [5.74, 6) is 0. The van der Waals surface area contributed by atoms with E-state index in [-0.39, 0.29) is 5.41 Å². The second-order valence-corrected chi connectivity index (χ2v) is 18.3. The first kappa shape index (κ1) is 37.5. The molecular formula is C65H44. The van der Waals surface area contributed by atoms with E-state index in [0.717, 1.165) is 0 Å². The van der Waals surface area contributed by atoms with E-state index >= 15 is 0 Å². The Bertz CT molecular complexity index is 3830. The molecule has 1 aliphatic carbocycles. The predicted molar refractivity (Wildman–Crippen MR) is 279 cm³/mol. The topological polar surface area (TPSA) is 0 Å². The third-order valence-electron chi connectivity index (χ3n) is 14.4. The fourth-order valence-electron chi connectivity index (χ4n) is 11.4. The Hall–Kier alpha value is -8.06. The van der Waals surface area contributed by atoms with Crippen LogP contribution < -0.4 is 0 Å². The zero-order valence-corrected chi connectivity index (χ0v) is 36.4. The average Bonchev–Trinajstić information content (AvgIpc) is 3.59. The van der Waals surface area contributed by atoms with Gasteiger partial charge in [0, 0.05) is 5.41 Å². The van der Waals surface area contributed by atoms with Crippen LogP contribution in [-0.2, 0) is 5.41 Å². The molecule has 0 heterocycles. The molecule has 0 spiro atoms. The van der Waals surface area contributed by atoms with Gasteiger partial charge in [0.05, 0.1) is 0 Å². The number of hydrogen-bond acceptors (Lipinski definition) is 0. The van der Waals surface area contributed by atoms with Gasteiger partial charge < -0.3 is 0 Å². The first-order valence-electron chi connectivity index (χ1n) is 22.8. The standard InChI is InChI=1S/C65H44/c1-65(2)59-27-15-14-20-49(59)57-40-48(35-37-60(57)65)64-55-26-13-12-25-54(55)63(56-36-34-47(39-58(56)64)46-33-28-41-16-6-7-19-45(41)38-46)44-31-29-43(30-32-44)62-52-23-10-8-21-50(52)61(42-17-4-3-5-18-42)51-22-9-11-24-53(51)62/h3-40H,1-2H3.